The van der Waals surface area contributed by atoms with E-state index in [1.807, 2.05) is 0 Å². The van der Waals surface area contributed by atoms with Crippen LogP contribution in [0.5, 0.6) is 0 Å². The molecule has 0 aromatic heterocycles. The minimum Gasteiger partial charge on any atom is -0.334 e. The van der Waals surface area contributed by atoms with Gasteiger partial charge in [0.15, 0.2) is 0 Å². The topological polar surface area (TPSA) is 71.4 Å². The Balaban J connectivity index is 4.88. The van der Waals surface area contributed by atoms with E-state index in [0.717, 1.165) is 0 Å². The van der Waals surface area contributed by atoms with Crippen molar-refractivity contribution >= 4 is 18.4 Å². The maximum Gasteiger partial charge on any atom is 0.328 e. The summed E-state index contributed by atoms with van der Waals surface area (Å²) in [6.45, 7) is 6.00. The molecule has 0 fully saturated rings. The molecule has 0 aromatic rings. The van der Waals surface area contributed by atoms with Crippen molar-refractivity contribution < 1.29 is 19.0 Å². The highest BCUT2D eigenvalue weighted by Gasteiger charge is 2.39. The Labute approximate surface area is 77.8 Å². The van der Waals surface area contributed by atoms with Crippen LogP contribution >= 0.6 is 7.37 Å². The molecule has 0 rings (SSSR count). The molecular formula is C8H15O4P. The highest BCUT2D eigenvalue weighted by molar-refractivity contribution is 7.89. The van der Waals surface area contributed by atoms with Crippen molar-refractivity contribution in [2.45, 2.75) is 27.7 Å². The van der Waals surface area contributed by atoms with Crippen molar-refractivity contribution in [1.82, 2.24) is 0 Å². The van der Waals surface area contributed by atoms with Gasteiger partial charge in [0.1, 0.15) is 0 Å². The van der Waals surface area contributed by atoms with Crippen LogP contribution < -0.4 is 0 Å². The Morgan fingerprint density at radius 1 is 1.00 bits per heavy atom. The molecule has 0 amide bonds. The van der Waals surface area contributed by atoms with Crippen molar-refractivity contribution in [3.8, 4) is 0 Å². The Morgan fingerprint density at radius 2 is 1.23 bits per heavy atom. The van der Waals surface area contributed by atoms with Crippen molar-refractivity contribution in [2.75, 3.05) is 0 Å². The lowest BCUT2D eigenvalue weighted by molar-refractivity contribution is -0.119. The SMILES string of the molecule is CC(C)C(=O)P(=O)(O)C(=O)C(C)C. The van der Waals surface area contributed by atoms with E-state index in [1.54, 1.807) is 0 Å². The monoisotopic (exact) mass is 206 g/mol. The Morgan fingerprint density at radius 3 is 1.38 bits per heavy atom. The molecule has 0 saturated heterocycles. The van der Waals surface area contributed by atoms with E-state index < -0.39 is 30.3 Å². The summed E-state index contributed by atoms with van der Waals surface area (Å²) < 4.78 is 11.4. The molecule has 0 heterocycles. The van der Waals surface area contributed by atoms with Crippen LogP contribution in [0.1, 0.15) is 27.7 Å². The van der Waals surface area contributed by atoms with Gasteiger partial charge in [-0.2, -0.15) is 0 Å². The summed E-state index contributed by atoms with van der Waals surface area (Å²) in [5, 5.41) is 0. The second kappa shape index (κ2) is 4.16. The quantitative estimate of drug-likeness (QED) is 0.709. The molecular weight excluding hydrogens is 191 g/mol. The van der Waals surface area contributed by atoms with E-state index >= 15 is 0 Å². The Kier molecular flexibility index (Phi) is 4.01. The smallest absolute Gasteiger partial charge is 0.328 e. The molecule has 0 radical (unpaired) electrons. The maximum atomic E-state index is 11.4. The lowest BCUT2D eigenvalue weighted by Crippen LogP contribution is -2.17. The van der Waals surface area contributed by atoms with Crippen molar-refractivity contribution in [1.29, 1.82) is 0 Å². The summed E-state index contributed by atoms with van der Waals surface area (Å²) >= 11 is 0. The first kappa shape index (κ1) is 12.5. The van der Waals surface area contributed by atoms with Crippen LogP contribution in [0.15, 0.2) is 0 Å². The predicted molar refractivity (Wildman–Crippen MR) is 49.5 cm³/mol. The number of hydrogen-bond donors (Lipinski definition) is 1. The molecule has 0 aromatic carbocycles. The molecule has 5 heteroatoms. The predicted octanol–water partition coefficient (Wildman–Crippen LogP) is 1.62. The first-order valence-corrected chi connectivity index (χ1v) is 5.78. The standard InChI is InChI=1S/C8H15O4P/c1-5(2)7(9)13(11,12)8(10)6(3)4/h5-6H,1-4H3,(H,11,12). The zero-order valence-electron chi connectivity index (χ0n) is 8.27. The minimum atomic E-state index is -4.26. The van der Waals surface area contributed by atoms with Crippen molar-refractivity contribution in [3.63, 3.8) is 0 Å². The van der Waals surface area contributed by atoms with E-state index in [1.165, 1.54) is 27.7 Å². The van der Waals surface area contributed by atoms with Crippen LogP contribution in [0.4, 0.5) is 0 Å². The number of hydrogen-bond acceptors (Lipinski definition) is 3. The van der Waals surface area contributed by atoms with Crippen molar-refractivity contribution in [3.05, 3.63) is 0 Å². The number of carbonyl (C=O) groups is 2. The van der Waals surface area contributed by atoms with Crippen molar-refractivity contribution in [2.24, 2.45) is 11.8 Å². The van der Waals surface area contributed by atoms with Gasteiger partial charge >= 0.3 is 7.37 Å². The van der Waals surface area contributed by atoms with Gasteiger partial charge in [0.2, 0.25) is 11.0 Å². The molecule has 0 unspecified atom stereocenters. The lowest BCUT2D eigenvalue weighted by Gasteiger charge is -2.12. The molecule has 0 atom stereocenters. The summed E-state index contributed by atoms with van der Waals surface area (Å²) in [4.78, 5) is 31.6. The van der Waals surface area contributed by atoms with Gasteiger partial charge in [0.05, 0.1) is 0 Å². The van der Waals surface area contributed by atoms with Gasteiger partial charge in [-0.05, 0) is 0 Å². The summed E-state index contributed by atoms with van der Waals surface area (Å²) in [6.07, 6.45) is 0. The van der Waals surface area contributed by atoms with Gasteiger partial charge in [-0.25, -0.2) is 0 Å². The number of rotatable bonds is 4. The molecule has 0 aliphatic heterocycles. The van der Waals surface area contributed by atoms with Gasteiger partial charge in [0, 0.05) is 11.8 Å². The molecule has 1 N–H and O–H groups in total. The van der Waals surface area contributed by atoms with E-state index in [9.17, 15) is 19.0 Å². The molecule has 76 valence electrons. The van der Waals surface area contributed by atoms with Crippen LogP contribution in [0.2, 0.25) is 0 Å². The van der Waals surface area contributed by atoms with E-state index in [-0.39, 0.29) is 0 Å². The Hall–Kier alpha value is -0.470. The normalized spacial score (nSPS) is 12.2. The van der Waals surface area contributed by atoms with Gasteiger partial charge in [-0.1, -0.05) is 27.7 Å². The summed E-state index contributed by atoms with van der Waals surface area (Å²) in [7, 11) is -4.26. The van der Waals surface area contributed by atoms with Gasteiger partial charge in [-0.3, -0.25) is 14.2 Å². The molecule has 0 spiro atoms. The fraction of sp³-hybridized carbons (Fsp3) is 0.750. The first-order valence-electron chi connectivity index (χ1n) is 4.12. The summed E-state index contributed by atoms with van der Waals surface area (Å²) in [5.74, 6) is -1.17. The lowest BCUT2D eigenvalue weighted by atomic mass is 10.2. The summed E-state index contributed by atoms with van der Waals surface area (Å²) in [6, 6.07) is 0. The van der Waals surface area contributed by atoms with Gasteiger partial charge < -0.3 is 4.89 Å². The molecule has 0 bridgehead atoms. The first-order chi connectivity index (χ1) is 5.71. The van der Waals surface area contributed by atoms with Gasteiger partial charge in [-0.15, -0.1) is 0 Å². The van der Waals surface area contributed by atoms with Crippen LogP contribution in [-0.4, -0.2) is 15.9 Å². The zero-order chi connectivity index (χ0) is 10.8. The number of carbonyl (C=O) groups excluding carboxylic acids is 2. The third kappa shape index (κ3) is 2.75. The molecule has 4 nitrogen and oxygen atoms in total. The average molecular weight is 206 g/mol. The van der Waals surface area contributed by atoms with Crippen LogP contribution in [0, 0.1) is 11.8 Å². The van der Waals surface area contributed by atoms with E-state index in [4.69, 9.17) is 0 Å². The second-order valence-corrected chi connectivity index (χ2v) is 5.60. The highest BCUT2D eigenvalue weighted by atomic mass is 31.2. The third-order valence-corrected chi connectivity index (χ3v) is 3.81. The Bertz CT molecular complexity index is 243. The second-order valence-electron chi connectivity index (χ2n) is 3.56. The maximum absolute atomic E-state index is 11.4. The fourth-order valence-corrected chi connectivity index (χ4v) is 2.43. The fourth-order valence-electron chi connectivity index (χ4n) is 0.809. The van der Waals surface area contributed by atoms with Gasteiger partial charge in [0.25, 0.3) is 0 Å². The van der Waals surface area contributed by atoms with E-state index in [0.29, 0.717) is 0 Å². The highest BCUT2D eigenvalue weighted by Crippen LogP contribution is 2.47. The molecule has 13 heavy (non-hydrogen) atoms. The third-order valence-electron chi connectivity index (χ3n) is 1.59. The molecule has 0 aliphatic carbocycles. The van der Waals surface area contributed by atoms with Crippen LogP contribution in [0.25, 0.3) is 0 Å². The zero-order valence-corrected chi connectivity index (χ0v) is 9.17. The largest absolute Gasteiger partial charge is 0.334 e. The van der Waals surface area contributed by atoms with Crippen LogP contribution in [0.3, 0.4) is 0 Å². The van der Waals surface area contributed by atoms with E-state index in [2.05, 4.69) is 0 Å². The van der Waals surface area contributed by atoms with Crippen LogP contribution in [-0.2, 0) is 14.2 Å². The molecule has 0 saturated carbocycles. The summed E-state index contributed by atoms with van der Waals surface area (Å²) in [5.41, 5.74) is -1.71. The average Bonchev–Trinajstić information content (AvgIpc) is 2.01. The minimum absolute atomic E-state index is 0.585. The molecule has 0 aliphatic rings.